The lowest BCUT2D eigenvalue weighted by Gasteiger charge is -2.11. The average molecular weight is 321 g/mol. The summed E-state index contributed by atoms with van der Waals surface area (Å²) in [6.45, 7) is 0.862. The van der Waals surface area contributed by atoms with Crippen molar-refractivity contribution in [2.24, 2.45) is 0 Å². The van der Waals surface area contributed by atoms with Gasteiger partial charge in [-0.05, 0) is 24.3 Å². The van der Waals surface area contributed by atoms with Gasteiger partial charge in [-0.25, -0.2) is 9.48 Å². The van der Waals surface area contributed by atoms with E-state index in [0.29, 0.717) is 24.8 Å². The first kappa shape index (κ1) is 14.5. The molecule has 120 valence electrons. The maximum Gasteiger partial charge on any atom is 0.418 e. The molecular formula is C18H15N3O3. The zero-order valence-electron chi connectivity index (χ0n) is 12.8. The van der Waals surface area contributed by atoms with Crippen molar-refractivity contribution in [1.29, 1.82) is 0 Å². The first-order valence-electron chi connectivity index (χ1n) is 7.59. The number of ether oxygens (including phenoxy) is 2. The number of anilines is 1. The van der Waals surface area contributed by atoms with Gasteiger partial charge in [-0.2, -0.15) is 5.10 Å². The molecule has 1 amide bonds. The fourth-order valence-corrected chi connectivity index (χ4v) is 2.62. The van der Waals surface area contributed by atoms with Crippen molar-refractivity contribution in [3.63, 3.8) is 0 Å². The number of hydrogen-bond acceptors (Lipinski definition) is 4. The van der Waals surface area contributed by atoms with Crippen molar-refractivity contribution in [2.75, 3.05) is 5.32 Å². The van der Waals surface area contributed by atoms with Crippen LogP contribution in [0.1, 0.15) is 11.3 Å². The van der Waals surface area contributed by atoms with E-state index in [4.69, 9.17) is 9.47 Å². The Balaban J connectivity index is 1.63. The second kappa shape index (κ2) is 6.17. The Hall–Kier alpha value is -3.12. The molecule has 0 fully saturated rings. The number of aromatic nitrogens is 2. The van der Waals surface area contributed by atoms with Crippen LogP contribution in [0.2, 0.25) is 0 Å². The van der Waals surface area contributed by atoms with Crippen molar-refractivity contribution in [3.05, 3.63) is 71.9 Å². The molecule has 0 bridgehead atoms. The molecule has 6 nitrogen and oxygen atoms in total. The van der Waals surface area contributed by atoms with Crippen molar-refractivity contribution in [2.45, 2.75) is 13.2 Å². The molecule has 1 N–H and O–H groups in total. The highest BCUT2D eigenvalue weighted by Gasteiger charge is 2.25. The Kier molecular flexibility index (Phi) is 3.72. The third-order valence-corrected chi connectivity index (χ3v) is 3.73. The Morgan fingerprint density at radius 1 is 1.04 bits per heavy atom. The third-order valence-electron chi connectivity index (χ3n) is 3.73. The zero-order valence-corrected chi connectivity index (χ0v) is 12.8. The SMILES string of the molecule is O=C(Nc1c2c(nn1-c1ccccc1)COC2)Oc1ccccc1. The van der Waals surface area contributed by atoms with Gasteiger partial charge in [0.1, 0.15) is 11.6 Å². The summed E-state index contributed by atoms with van der Waals surface area (Å²) < 4.78 is 12.4. The fourth-order valence-electron chi connectivity index (χ4n) is 2.62. The van der Waals surface area contributed by atoms with Crippen LogP contribution in [0.25, 0.3) is 5.69 Å². The highest BCUT2D eigenvalue weighted by Crippen LogP contribution is 2.29. The Bertz CT molecular complexity index is 860. The van der Waals surface area contributed by atoms with Gasteiger partial charge in [0.15, 0.2) is 0 Å². The molecule has 1 aliphatic rings. The molecule has 0 aliphatic carbocycles. The van der Waals surface area contributed by atoms with Gasteiger partial charge in [-0.15, -0.1) is 0 Å². The summed E-state index contributed by atoms with van der Waals surface area (Å²) in [5.41, 5.74) is 2.57. The van der Waals surface area contributed by atoms with E-state index >= 15 is 0 Å². The van der Waals surface area contributed by atoms with Gasteiger partial charge in [0.25, 0.3) is 0 Å². The molecule has 0 spiro atoms. The number of rotatable bonds is 3. The van der Waals surface area contributed by atoms with Gasteiger partial charge >= 0.3 is 6.09 Å². The Morgan fingerprint density at radius 2 is 1.75 bits per heavy atom. The van der Waals surface area contributed by atoms with Gasteiger partial charge in [-0.1, -0.05) is 36.4 Å². The molecule has 1 aromatic heterocycles. The number of hydrogen-bond donors (Lipinski definition) is 1. The molecular weight excluding hydrogens is 306 g/mol. The molecule has 24 heavy (non-hydrogen) atoms. The van der Waals surface area contributed by atoms with Crippen molar-refractivity contribution < 1.29 is 14.3 Å². The van der Waals surface area contributed by atoms with E-state index in [1.807, 2.05) is 48.5 Å². The van der Waals surface area contributed by atoms with E-state index < -0.39 is 6.09 Å². The van der Waals surface area contributed by atoms with Gasteiger partial charge in [0.05, 0.1) is 24.6 Å². The second-order valence-electron chi connectivity index (χ2n) is 5.34. The maximum atomic E-state index is 12.2. The highest BCUT2D eigenvalue weighted by molar-refractivity contribution is 5.87. The van der Waals surface area contributed by atoms with Crippen LogP contribution in [0.3, 0.4) is 0 Å². The molecule has 0 unspecified atom stereocenters. The topological polar surface area (TPSA) is 65.4 Å². The molecule has 0 saturated heterocycles. The van der Waals surface area contributed by atoms with Crippen molar-refractivity contribution in [1.82, 2.24) is 9.78 Å². The number of nitrogens with zero attached hydrogens (tertiary/aromatic N) is 2. The molecule has 2 aromatic carbocycles. The summed E-state index contributed by atoms with van der Waals surface area (Å²) in [5.74, 6) is 1.06. The molecule has 0 atom stereocenters. The monoisotopic (exact) mass is 321 g/mol. The number of fused-ring (bicyclic) bond motifs is 1. The minimum absolute atomic E-state index is 0.420. The number of amides is 1. The molecule has 0 saturated carbocycles. The lowest BCUT2D eigenvalue weighted by atomic mass is 10.2. The van der Waals surface area contributed by atoms with E-state index in [0.717, 1.165) is 16.9 Å². The fraction of sp³-hybridized carbons (Fsp3) is 0.111. The normalized spacial score (nSPS) is 12.7. The first-order chi connectivity index (χ1) is 11.8. The number of carbonyl (C=O) groups excluding carboxylic acids is 1. The van der Waals surface area contributed by atoms with Gasteiger partial charge in [0, 0.05) is 5.56 Å². The number of benzene rings is 2. The lowest BCUT2D eigenvalue weighted by molar-refractivity contribution is 0.131. The van der Waals surface area contributed by atoms with Crippen molar-refractivity contribution in [3.8, 4) is 11.4 Å². The Morgan fingerprint density at radius 3 is 2.50 bits per heavy atom. The van der Waals surface area contributed by atoms with Gasteiger partial charge in [0.2, 0.25) is 0 Å². The van der Waals surface area contributed by atoms with Crippen molar-refractivity contribution >= 4 is 11.9 Å². The standard InChI is InChI=1S/C18H15N3O3/c22-18(24-14-9-5-2-6-10-14)19-17-15-11-23-12-16(15)20-21(17)13-7-3-1-4-8-13/h1-10H,11-12H2,(H,19,22). The lowest BCUT2D eigenvalue weighted by Crippen LogP contribution is -2.20. The smallest absolute Gasteiger partial charge is 0.410 e. The van der Waals surface area contributed by atoms with Crippen LogP contribution in [-0.2, 0) is 18.0 Å². The van der Waals surface area contributed by atoms with E-state index in [9.17, 15) is 4.79 Å². The van der Waals surface area contributed by atoms with E-state index in [1.165, 1.54) is 0 Å². The van der Waals surface area contributed by atoms with Crippen LogP contribution in [-0.4, -0.2) is 15.9 Å². The zero-order chi connectivity index (χ0) is 16.4. The van der Waals surface area contributed by atoms with E-state index in [2.05, 4.69) is 10.4 Å². The quantitative estimate of drug-likeness (QED) is 0.801. The molecule has 2 heterocycles. The van der Waals surface area contributed by atoms with Crippen LogP contribution in [0.4, 0.5) is 10.6 Å². The minimum Gasteiger partial charge on any atom is -0.410 e. The molecule has 6 heteroatoms. The summed E-state index contributed by atoms with van der Waals surface area (Å²) in [6, 6.07) is 18.6. The summed E-state index contributed by atoms with van der Waals surface area (Å²) in [4.78, 5) is 12.2. The highest BCUT2D eigenvalue weighted by atomic mass is 16.6. The summed E-state index contributed by atoms with van der Waals surface area (Å²) >= 11 is 0. The molecule has 4 rings (SSSR count). The van der Waals surface area contributed by atoms with Crippen LogP contribution >= 0.6 is 0 Å². The van der Waals surface area contributed by atoms with Crippen LogP contribution in [0.5, 0.6) is 5.75 Å². The minimum atomic E-state index is -0.562. The van der Waals surface area contributed by atoms with Gasteiger partial charge in [-0.3, -0.25) is 5.32 Å². The average Bonchev–Trinajstić information content (AvgIpc) is 3.19. The first-order valence-corrected chi connectivity index (χ1v) is 7.59. The van der Waals surface area contributed by atoms with Crippen LogP contribution < -0.4 is 10.1 Å². The third kappa shape index (κ3) is 2.75. The molecule has 0 radical (unpaired) electrons. The van der Waals surface area contributed by atoms with E-state index in [-0.39, 0.29) is 0 Å². The predicted octanol–water partition coefficient (Wildman–Crippen LogP) is 3.51. The number of para-hydroxylation sites is 2. The molecule has 3 aromatic rings. The summed E-state index contributed by atoms with van der Waals surface area (Å²) in [7, 11) is 0. The van der Waals surface area contributed by atoms with Crippen LogP contribution in [0.15, 0.2) is 60.7 Å². The summed E-state index contributed by atoms with van der Waals surface area (Å²) in [6.07, 6.45) is -0.562. The number of carbonyl (C=O) groups is 1. The Labute approximate surface area is 138 Å². The maximum absolute atomic E-state index is 12.2. The second-order valence-corrected chi connectivity index (χ2v) is 5.34. The number of nitrogens with one attached hydrogen (secondary N) is 1. The van der Waals surface area contributed by atoms with E-state index in [1.54, 1.807) is 16.8 Å². The summed E-state index contributed by atoms with van der Waals surface area (Å²) in [5, 5.41) is 7.34. The van der Waals surface area contributed by atoms with Gasteiger partial charge < -0.3 is 9.47 Å². The predicted molar refractivity (Wildman–Crippen MR) is 88.1 cm³/mol. The molecule has 1 aliphatic heterocycles. The van der Waals surface area contributed by atoms with Crippen LogP contribution in [0, 0.1) is 0 Å². The largest absolute Gasteiger partial charge is 0.418 e.